The van der Waals surface area contributed by atoms with Crippen LogP contribution in [0, 0.1) is 30.3 Å². The summed E-state index contributed by atoms with van der Waals surface area (Å²) in [7, 11) is 1.99. The van der Waals surface area contributed by atoms with E-state index in [1.54, 1.807) is 62.1 Å². The molecule has 15 aromatic rings. The summed E-state index contributed by atoms with van der Waals surface area (Å²) < 4.78 is 8.84. The van der Waals surface area contributed by atoms with Gasteiger partial charge in [-0.25, -0.2) is 18.7 Å². The molecule has 0 unspecified atom stereocenters. The number of hydrogen-bond donors (Lipinski definition) is 0. The van der Waals surface area contributed by atoms with Crippen molar-refractivity contribution in [1.82, 2.24) is 74.5 Å². The first kappa shape index (κ1) is 75.4. The Kier molecular flexibility index (Phi) is 24.7. The molecule has 6 heterocycles. The van der Waals surface area contributed by atoms with Crippen LogP contribution in [0.15, 0.2) is 262 Å². The molecule has 0 atom stereocenters. The molecule has 0 bridgehead atoms. The van der Waals surface area contributed by atoms with Crippen LogP contribution in [-0.2, 0) is 126 Å². The van der Waals surface area contributed by atoms with Crippen molar-refractivity contribution in [2.24, 2.45) is 7.05 Å². The molecule has 0 spiro atoms. The van der Waals surface area contributed by atoms with Gasteiger partial charge in [-0.2, -0.15) is 60.7 Å². The summed E-state index contributed by atoms with van der Waals surface area (Å²) in [5, 5.41) is 31.3. The van der Waals surface area contributed by atoms with Gasteiger partial charge in [0.2, 0.25) is 0 Å². The smallest absolute Gasteiger partial charge is 0.0834 e. The fraction of sp³-hybridized carbons (Fsp3) is 0.125. The number of aromatic nitrogens is 15. The van der Waals surface area contributed by atoms with Crippen molar-refractivity contribution < 1.29 is 102 Å². The molecule has 0 saturated heterocycles. The third-order valence-corrected chi connectivity index (χ3v) is 17.8. The van der Waals surface area contributed by atoms with Crippen LogP contribution in [0.25, 0.3) is 89.8 Å². The topological polar surface area (TPSA) is 154 Å². The fourth-order valence-corrected chi connectivity index (χ4v) is 12.9. The zero-order valence-electron chi connectivity index (χ0n) is 55.2. The Bertz CT molecular complexity index is 4890. The van der Waals surface area contributed by atoms with Crippen LogP contribution in [0.2, 0.25) is 0 Å². The number of nitrogens with zero attached hydrogens (tertiary/aromatic N) is 15. The van der Waals surface area contributed by atoms with Gasteiger partial charge >= 0.3 is 0 Å². The first-order valence-electron chi connectivity index (χ1n) is 31.2. The molecule has 20 heteroatoms. The van der Waals surface area contributed by atoms with Crippen LogP contribution >= 0.6 is 0 Å². The summed E-state index contributed by atoms with van der Waals surface area (Å²) in [6.07, 6.45) is 19.6. The van der Waals surface area contributed by atoms with Crippen molar-refractivity contribution in [3.63, 3.8) is 0 Å². The van der Waals surface area contributed by atoms with Crippen molar-refractivity contribution in [3.05, 3.63) is 326 Å². The molecule has 0 aliphatic heterocycles. The summed E-state index contributed by atoms with van der Waals surface area (Å²) >= 11 is 0. The van der Waals surface area contributed by atoms with Crippen LogP contribution < -0.4 is 0 Å². The maximum Gasteiger partial charge on any atom is 0.0834 e. The Morgan fingerprint density at radius 3 is 1.13 bits per heavy atom. The van der Waals surface area contributed by atoms with E-state index >= 15 is 0 Å². The number of pyridine rings is 1. The summed E-state index contributed by atoms with van der Waals surface area (Å²) in [6, 6.07) is 82.9. The molecule has 9 aromatic carbocycles. The van der Waals surface area contributed by atoms with E-state index in [2.05, 4.69) is 244 Å². The van der Waals surface area contributed by atoms with E-state index in [0.29, 0.717) is 0 Å². The van der Waals surface area contributed by atoms with Crippen molar-refractivity contribution in [1.29, 1.82) is 0 Å². The molecule has 15 nitrogen and oxygen atoms in total. The van der Waals surface area contributed by atoms with E-state index in [0.717, 1.165) is 50.8 Å². The van der Waals surface area contributed by atoms with Crippen molar-refractivity contribution >= 4 is 0 Å². The number of rotatable bonds is 7. The van der Waals surface area contributed by atoms with Gasteiger partial charge < -0.3 is 4.57 Å². The first-order valence-corrected chi connectivity index (χ1v) is 31.2. The normalized spacial score (nSPS) is 12.6. The molecule has 0 saturated carbocycles. The summed E-state index contributed by atoms with van der Waals surface area (Å²) in [5.41, 5.74) is 26.0. The molecule has 3 aliphatic carbocycles. The van der Waals surface area contributed by atoms with Crippen LogP contribution in [0.4, 0.5) is 0 Å². The van der Waals surface area contributed by atoms with E-state index in [-0.39, 0.29) is 119 Å². The van der Waals surface area contributed by atoms with Gasteiger partial charge in [-0.15, -0.1) is 107 Å². The average molecular weight is 2200 g/mol. The van der Waals surface area contributed by atoms with Crippen LogP contribution in [-0.4, -0.2) is 74.5 Å². The van der Waals surface area contributed by atoms with Crippen LogP contribution in [0.5, 0.6) is 0 Å². The van der Waals surface area contributed by atoms with E-state index in [9.17, 15) is 0 Å². The second kappa shape index (κ2) is 32.7. The number of imidazole rings is 1. The number of hydrogen-bond acceptors (Lipinski definition) is 10. The molecule has 0 fully saturated rings. The summed E-state index contributed by atoms with van der Waals surface area (Å²) in [4.78, 5) is 8.75. The van der Waals surface area contributed by atoms with Gasteiger partial charge in [0.25, 0.3) is 0 Å². The Morgan fingerprint density at radius 2 is 0.720 bits per heavy atom. The fourth-order valence-electron chi connectivity index (χ4n) is 12.9. The average Bonchev–Trinajstić information content (AvgIpc) is 1.60. The number of aryl methyl sites for hydroxylation is 1. The second-order valence-electron chi connectivity index (χ2n) is 24.8. The van der Waals surface area contributed by atoms with Crippen LogP contribution in [0.3, 0.4) is 0 Å². The van der Waals surface area contributed by atoms with Crippen molar-refractivity contribution in [2.45, 2.75) is 57.8 Å². The molecular formula is C80H64Ir3N15Pt2-5. The van der Waals surface area contributed by atoms with Crippen LogP contribution in [0.1, 0.15) is 74.9 Å². The summed E-state index contributed by atoms with van der Waals surface area (Å²) in [5.74, 6) is 0. The standard InChI is InChI=1S/C19H17N2.2C17H14N3.C14H10N3.C13H9N4.3Ir.2Pt/c1-19(2)16-7-5-4-6-14(16)15-9-8-13(10-17(15)19)18-11-21(3)12-20-18;2*1-17(2)15-6-4-3-5-13(15)14-8-7-12(11-16(14)17)20-10-9-18-19-20;1-2-5-12(6-3-1)13-7-4-8-14(11-13)17-10-9-15-16-17;1-2-7-14-13(6-1)11-4-3-5-12(10-11)17-9-8-15-16-17;;;;;/h4-7,9-12H,1-3H3;2*3-6,8-11H,1-2H3;1-7,9-11H;1-4,6-10H;;;;;/q5*-1;;;;;. The minimum atomic E-state index is 0. The Morgan fingerprint density at radius 1 is 0.330 bits per heavy atom. The quantitative estimate of drug-likeness (QED) is 0.141. The van der Waals surface area contributed by atoms with Crippen molar-refractivity contribution in [3.8, 4) is 89.8 Å². The first-order chi connectivity index (χ1) is 46.3. The van der Waals surface area contributed by atoms with Gasteiger partial charge in [-0.3, -0.25) is 9.97 Å². The zero-order chi connectivity index (χ0) is 65.1. The van der Waals surface area contributed by atoms with Gasteiger partial charge in [-0.1, -0.05) is 194 Å². The third kappa shape index (κ3) is 15.4. The minimum absolute atomic E-state index is 0. The molecule has 0 amide bonds. The SMILES string of the molecule is CC1(C)c2ccccc2-c2c[c-]c(-n3ccnn3)cc21.CC1(C)c2ccccc2-c2c[c-]c(-n3ccnn3)cc21.Cn1cnc(-c2[c-]cc3c(c2)C(C)(C)c2ccccc2-3)c1.[Ir].[Ir].[Ir].[Pt].[Pt].[c-]1ccc(-c2ccccc2)cc1-n1ccnn1.[c-]1ccc(-c2ccccn2)cc1-n1ccnn1. The van der Waals surface area contributed by atoms with E-state index in [4.69, 9.17) is 0 Å². The van der Waals surface area contributed by atoms with E-state index in [1.165, 1.54) is 72.3 Å². The minimum Gasteiger partial charge on any atom is -0.350 e. The Balaban J connectivity index is 0.000000144. The molecular weight excluding hydrogens is 2140 g/mol. The Hall–Kier alpha value is -8.78. The molecule has 511 valence electrons. The van der Waals surface area contributed by atoms with Gasteiger partial charge in [0.15, 0.2) is 0 Å². The molecule has 0 N–H and O–H groups in total. The molecule has 3 aliphatic rings. The van der Waals surface area contributed by atoms with E-state index < -0.39 is 0 Å². The summed E-state index contributed by atoms with van der Waals surface area (Å²) in [6.45, 7) is 13.6. The third-order valence-electron chi connectivity index (χ3n) is 17.8. The number of benzene rings is 9. The molecule has 18 rings (SSSR count). The molecule has 6 aromatic heterocycles. The van der Waals surface area contributed by atoms with E-state index in [1.807, 2.05) is 109 Å². The van der Waals surface area contributed by atoms with Gasteiger partial charge in [-0.05, 0) is 79.6 Å². The maximum absolute atomic E-state index is 4.44. The zero-order valence-corrected chi connectivity index (χ0v) is 66.9. The van der Waals surface area contributed by atoms with Gasteiger partial charge in [0.1, 0.15) is 0 Å². The molecule has 3 radical (unpaired) electrons. The van der Waals surface area contributed by atoms with Gasteiger partial charge in [0, 0.05) is 152 Å². The predicted molar refractivity (Wildman–Crippen MR) is 370 cm³/mol. The van der Waals surface area contributed by atoms with Gasteiger partial charge in [0.05, 0.1) is 31.1 Å². The second-order valence-corrected chi connectivity index (χ2v) is 24.8. The predicted octanol–water partition coefficient (Wildman–Crippen LogP) is 15.8. The largest absolute Gasteiger partial charge is 0.350 e. The van der Waals surface area contributed by atoms with Crippen molar-refractivity contribution in [2.75, 3.05) is 0 Å². The molecule has 100 heavy (non-hydrogen) atoms. The maximum atomic E-state index is 4.44. The Labute approximate surface area is 651 Å². The monoisotopic (exact) mass is 2200 g/mol. The number of fused-ring (bicyclic) bond motifs is 9.